The van der Waals surface area contributed by atoms with E-state index in [9.17, 15) is 9.18 Å². The fourth-order valence-electron chi connectivity index (χ4n) is 1.09. The Kier molecular flexibility index (Phi) is 5.05. The highest BCUT2D eigenvalue weighted by molar-refractivity contribution is 5.81. The molecule has 0 fully saturated rings. The van der Waals surface area contributed by atoms with E-state index >= 15 is 0 Å². The highest BCUT2D eigenvalue weighted by Gasteiger charge is 1.93. The van der Waals surface area contributed by atoms with Gasteiger partial charge in [-0.1, -0.05) is 6.08 Å². The van der Waals surface area contributed by atoms with Crippen molar-refractivity contribution in [2.24, 2.45) is 0 Å². The number of hydrogen-bond acceptors (Lipinski definition) is 3. The molecule has 0 amide bonds. The lowest BCUT2D eigenvalue weighted by Crippen LogP contribution is -2.02. The maximum Gasteiger partial charge on any atom is 0.330 e. The maximum atomic E-state index is 12.6. The molecular formula is C12H14FNO2. The molecule has 0 heterocycles. The molecule has 1 rings (SSSR count). The van der Waals surface area contributed by atoms with Crippen LogP contribution in [-0.2, 0) is 9.53 Å². The van der Waals surface area contributed by atoms with Gasteiger partial charge in [0.25, 0.3) is 0 Å². The molecule has 0 unspecified atom stereocenters. The smallest absolute Gasteiger partial charge is 0.330 e. The lowest BCUT2D eigenvalue weighted by atomic mass is 10.3. The van der Waals surface area contributed by atoms with Crippen molar-refractivity contribution >= 4 is 11.7 Å². The van der Waals surface area contributed by atoms with Crippen LogP contribution in [0.2, 0.25) is 0 Å². The minimum absolute atomic E-state index is 0.271. The van der Waals surface area contributed by atoms with Crippen molar-refractivity contribution in [3.63, 3.8) is 0 Å². The number of carbonyl (C=O) groups is 1. The zero-order valence-corrected chi connectivity index (χ0v) is 9.07. The van der Waals surface area contributed by atoms with Gasteiger partial charge in [-0.25, -0.2) is 9.18 Å². The summed E-state index contributed by atoms with van der Waals surface area (Å²) in [6, 6.07) is 6.01. The first-order valence-electron chi connectivity index (χ1n) is 5.05. The molecule has 0 radical (unpaired) electrons. The van der Waals surface area contributed by atoms with E-state index in [4.69, 9.17) is 4.74 Å². The molecule has 0 aromatic heterocycles. The van der Waals surface area contributed by atoms with E-state index in [2.05, 4.69) is 5.32 Å². The Morgan fingerprint density at radius 3 is 2.75 bits per heavy atom. The third-order valence-electron chi connectivity index (χ3n) is 1.81. The van der Waals surface area contributed by atoms with Crippen LogP contribution in [0.15, 0.2) is 36.4 Å². The molecule has 0 atom stereocenters. The second kappa shape index (κ2) is 6.61. The first-order valence-corrected chi connectivity index (χ1v) is 5.05. The minimum atomic E-state index is -0.358. The van der Waals surface area contributed by atoms with Crippen molar-refractivity contribution in [1.29, 1.82) is 0 Å². The molecule has 0 aliphatic carbocycles. The number of esters is 1. The zero-order valence-electron chi connectivity index (χ0n) is 9.07. The number of rotatable bonds is 5. The van der Waals surface area contributed by atoms with Gasteiger partial charge in [0, 0.05) is 18.3 Å². The summed E-state index contributed by atoms with van der Waals surface area (Å²) >= 11 is 0. The molecule has 0 aliphatic heterocycles. The van der Waals surface area contributed by atoms with Crippen molar-refractivity contribution in [3.05, 3.63) is 42.2 Å². The fraction of sp³-hybridized carbons (Fsp3) is 0.250. The van der Waals surface area contributed by atoms with E-state index in [1.54, 1.807) is 25.1 Å². The number of benzene rings is 1. The number of anilines is 1. The second-order valence-electron chi connectivity index (χ2n) is 3.04. The van der Waals surface area contributed by atoms with E-state index in [0.717, 1.165) is 5.69 Å². The van der Waals surface area contributed by atoms with Crippen molar-refractivity contribution in [1.82, 2.24) is 0 Å². The van der Waals surface area contributed by atoms with Gasteiger partial charge in [-0.05, 0) is 31.2 Å². The molecule has 0 saturated carbocycles. The van der Waals surface area contributed by atoms with E-state index in [0.29, 0.717) is 13.2 Å². The predicted molar refractivity (Wildman–Crippen MR) is 60.7 cm³/mol. The summed E-state index contributed by atoms with van der Waals surface area (Å²) in [5, 5.41) is 3.01. The molecule has 0 bridgehead atoms. The number of ether oxygens (including phenoxy) is 1. The van der Waals surface area contributed by atoms with E-state index in [1.807, 2.05) is 0 Å². The summed E-state index contributed by atoms with van der Waals surface area (Å²) in [6.45, 7) is 2.61. The topological polar surface area (TPSA) is 38.3 Å². The Morgan fingerprint density at radius 2 is 2.12 bits per heavy atom. The summed E-state index contributed by atoms with van der Waals surface area (Å²) < 4.78 is 17.3. The summed E-state index contributed by atoms with van der Waals surface area (Å²) in [7, 11) is 0. The van der Waals surface area contributed by atoms with Crippen molar-refractivity contribution in [2.75, 3.05) is 18.5 Å². The molecule has 4 heteroatoms. The van der Waals surface area contributed by atoms with E-state index in [-0.39, 0.29) is 11.8 Å². The van der Waals surface area contributed by atoms with E-state index in [1.165, 1.54) is 18.2 Å². The van der Waals surface area contributed by atoms with Gasteiger partial charge in [0.15, 0.2) is 0 Å². The Labute approximate surface area is 93.9 Å². The predicted octanol–water partition coefficient (Wildman–Crippen LogP) is 2.36. The fourth-order valence-corrected chi connectivity index (χ4v) is 1.09. The third-order valence-corrected chi connectivity index (χ3v) is 1.81. The van der Waals surface area contributed by atoms with Crippen LogP contribution in [0.4, 0.5) is 10.1 Å². The molecule has 86 valence electrons. The standard InChI is InChI=1S/C12H14FNO2/c1-2-16-12(15)4-3-9-14-11-7-5-10(13)6-8-11/h3-8,14H,2,9H2,1H3/b4-3+. The Balaban J connectivity index is 2.30. The zero-order chi connectivity index (χ0) is 11.8. The van der Waals surface area contributed by atoms with Crippen molar-refractivity contribution in [3.8, 4) is 0 Å². The average Bonchev–Trinajstić information content (AvgIpc) is 2.27. The van der Waals surface area contributed by atoms with Crippen molar-refractivity contribution < 1.29 is 13.9 Å². The van der Waals surface area contributed by atoms with E-state index < -0.39 is 0 Å². The van der Waals surface area contributed by atoms with Gasteiger partial charge in [-0.3, -0.25) is 0 Å². The lowest BCUT2D eigenvalue weighted by molar-refractivity contribution is -0.137. The van der Waals surface area contributed by atoms with Crippen LogP contribution in [0.3, 0.4) is 0 Å². The molecule has 3 nitrogen and oxygen atoms in total. The lowest BCUT2D eigenvalue weighted by Gasteiger charge is -2.02. The van der Waals surface area contributed by atoms with Gasteiger partial charge in [0.2, 0.25) is 0 Å². The van der Waals surface area contributed by atoms with Crippen LogP contribution in [0.1, 0.15) is 6.92 Å². The van der Waals surface area contributed by atoms with Gasteiger partial charge >= 0.3 is 5.97 Å². The first-order chi connectivity index (χ1) is 7.72. The van der Waals surface area contributed by atoms with Gasteiger partial charge in [-0.15, -0.1) is 0 Å². The molecule has 0 aliphatic rings. The summed E-state index contributed by atoms with van der Waals surface area (Å²) in [5.41, 5.74) is 0.801. The Morgan fingerprint density at radius 1 is 1.44 bits per heavy atom. The SMILES string of the molecule is CCOC(=O)/C=C/CNc1ccc(F)cc1. The highest BCUT2D eigenvalue weighted by atomic mass is 19.1. The highest BCUT2D eigenvalue weighted by Crippen LogP contribution is 2.07. The van der Waals surface area contributed by atoms with Crippen LogP contribution < -0.4 is 5.32 Å². The van der Waals surface area contributed by atoms with Crippen LogP contribution in [0.25, 0.3) is 0 Å². The summed E-state index contributed by atoms with van der Waals surface area (Å²) in [5.74, 6) is -0.629. The van der Waals surface area contributed by atoms with Gasteiger partial charge < -0.3 is 10.1 Å². The molecule has 0 spiro atoms. The van der Waals surface area contributed by atoms with Crippen molar-refractivity contribution in [2.45, 2.75) is 6.92 Å². The normalized spacial score (nSPS) is 10.4. The molecule has 16 heavy (non-hydrogen) atoms. The van der Waals surface area contributed by atoms with Crippen LogP contribution in [-0.4, -0.2) is 19.1 Å². The van der Waals surface area contributed by atoms with Gasteiger partial charge in [0.05, 0.1) is 6.61 Å². The van der Waals surface area contributed by atoms with Crippen LogP contribution >= 0.6 is 0 Å². The molecule has 1 aromatic rings. The Hall–Kier alpha value is -1.84. The molecule has 0 saturated heterocycles. The number of hydrogen-bond donors (Lipinski definition) is 1. The second-order valence-corrected chi connectivity index (χ2v) is 3.04. The monoisotopic (exact) mass is 223 g/mol. The maximum absolute atomic E-state index is 12.6. The summed E-state index contributed by atoms with van der Waals surface area (Å²) in [4.78, 5) is 10.9. The van der Waals surface area contributed by atoms with Gasteiger partial charge in [0.1, 0.15) is 5.82 Å². The number of carbonyl (C=O) groups excluding carboxylic acids is 1. The first kappa shape index (κ1) is 12.2. The largest absolute Gasteiger partial charge is 0.463 e. The average molecular weight is 223 g/mol. The van der Waals surface area contributed by atoms with Gasteiger partial charge in [-0.2, -0.15) is 0 Å². The third kappa shape index (κ3) is 4.59. The quantitative estimate of drug-likeness (QED) is 0.615. The number of halogens is 1. The Bertz CT molecular complexity index is 360. The summed E-state index contributed by atoms with van der Waals surface area (Å²) in [6.07, 6.45) is 3.02. The molecule has 1 aromatic carbocycles. The number of nitrogens with one attached hydrogen (secondary N) is 1. The molecule has 1 N–H and O–H groups in total. The van der Waals surface area contributed by atoms with Crippen LogP contribution in [0.5, 0.6) is 0 Å². The minimum Gasteiger partial charge on any atom is -0.463 e. The molecular weight excluding hydrogens is 209 g/mol. The van der Waals surface area contributed by atoms with Crippen LogP contribution in [0, 0.1) is 5.82 Å².